The number of ether oxygens (including phenoxy) is 1. The molecule has 0 aliphatic carbocycles. The average molecular weight is 220 g/mol. The number of rotatable bonds is 7. The van der Waals surface area contributed by atoms with Gasteiger partial charge in [0.2, 0.25) is 0 Å². The van der Waals surface area contributed by atoms with Crippen molar-refractivity contribution in [2.45, 2.75) is 58.7 Å². The summed E-state index contributed by atoms with van der Waals surface area (Å²) in [4.78, 5) is 0. The van der Waals surface area contributed by atoms with Crippen LogP contribution in [0.3, 0.4) is 0 Å². The highest BCUT2D eigenvalue weighted by Gasteiger charge is 2.22. The molecule has 1 nitrogen and oxygen atoms in total. The largest absolute Gasteiger partial charge is 0.371 e. The summed E-state index contributed by atoms with van der Waals surface area (Å²) in [5.41, 5.74) is 1.32. The van der Waals surface area contributed by atoms with E-state index in [1.165, 1.54) is 18.4 Å². The summed E-state index contributed by atoms with van der Waals surface area (Å²) in [5.74, 6) is 0. The van der Waals surface area contributed by atoms with Crippen molar-refractivity contribution in [1.29, 1.82) is 0 Å². The Labute approximate surface area is 99.8 Å². The molecule has 90 valence electrons. The summed E-state index contributed by atoms with van der Waals surface area (Å²) in [7, 11) is 0. The summed E-state index contributed by atoms with van der Waals surface area (Å²) in [5, 5.41) is 0. The second kappa shape index (κ2) is 6.70. The Morgan fingerprint density at radius 2 is 1.56 bits per heavy atom. The molecule has 0 atom stereocenters. The van der Waals surface area contributed by atoms with Gasteiger partial charge in [0, 0.05) is 0 Å². The third-order valence-electron chi connectivity index (χ3n) is 2.99. The monoisotopic (exact) mass is 220 g/mol. The lowest BCUT2D eigenvalue weighted by Crippen LogP contribution is -2.28. The molecule has 1 aromatic rings. The van der Waals surface area contributed by atoms with Gasteiger partial charge in [-0.3, -0.25) is 0 Å². The van der Waals surface area contributed by atoms with E-state index in [-0.39, 0.29) is 5.60 Å². The zero-order valence-corrected chi connectivity index (χ0v) is 10.8. The van der Waals surface area contributed by atoms with Crippen LogP contribution in [-0.2, 0) is 11.3 Å². The van der Waals surface area contributed by atoms with Gasteiger partial charge in [0.05, 0.1) is 12.2 Å². The van der Waals surface area contributed by atoms with Crippen LogP contribution in [0.2, 0.25) is 0 Å². The predicted octanol–water partition coefficient (Wildman–Crippen LogP) is 4.56. The maximum absolute atomic E-state index is 6.10. The Morgan fingerprint density at radius 3 is 2.06 bits per heavy atom. The molecule has 0 bridgehead atoms. The first-order valence-electron chi connectivity index (χ1n) is 6.38. The maximum Gasteiger partial charge on any atom is 0.0724 e. The van der Waals surface area contributed by atoms with Crippen LogP contribution in [0.4, 0.5) is 0 Å². The smallest absolute Gasteiger partial charge is 0.0724 e. The maximum atomic E-state index is 6.10. The zero-order chi connectivity index (χ0) is 11.9. The SMILES string of the molecule is CCCC(C)(CCC)OCc1ccccc1. The van der Waals surface area contributed by atoms with Crippen molar-refractivity contribution in [2.24, 2.45) is 0 Å². The molecular weight excluding hydrogens is 196 g/mol. The molecular formula is C15H24O. The standard InChI is InChI=1S/C15H24O/c1-4-11-15(3,12-5-2)16-13-14-9-7-6-8-10-14/h6-10H,4-5,11-13H2,1-3H3. The lowest BCUT2D eigenvalue weighted by molar-refractivity contribution is -0.0555. The topological polar surface area (TPSA) is 9.23 Å². The molecule has 0 aliphatic heterocycles. The third-order valence-corrected chi connectivity index (χ3v) is 2.99. The van der Waals surface area contributed by atoms with Gasteiger partial charge >= 0.3 is 0 Å². The van der Waals surface area contributed by atoms with Crippen LogP contribution in [0, 0.1) is 0 Å². The van der Waals surface area contributed by atoms with E-state index in [0.717, 1.165) is 19.4 Å². The van der Waals surface area contributed by atoms with Crippen molar-refractivity contribution < 1.29 is 4.74 Å². The van der Waals surface area contributed by atoms with Gasteiger partial charge in [-0.25, -0.2) is 0 Å². The molecule has 0 saturated heterocycles. The highest BCUT2D eigenvalue weighted by Crippen LogP contribution is 2.25. The van der Waals surface area contributed by atoms with E-state index in [9.17, 15) is 0 Å². The average Bonchev–Trinajstić information content (AvgIpc) is 2.29. The molecule has 0 N–H and O–H groups in total. The van der Waals surface area contributed by atoms with Crippen molar-refractivity contribution in [3.63, 3.8) is 0 Å². The molecule has 1 heteroatoms. The van der Waals surface area contributed by atoms with Gasteiger partial charge in [0.25, 0.3) is 0 Å². The molecule has 1 rings (SSSR count). The van der Waals surface area contributed by atoms with Crippen molar-refractivity contribution in [3.05, 3.63) is 35.9 Å². The number of hydrogen-bond acceptors (Lipinski definition) is 1. The first-order valence-corrected chi connectivity index (χ1v) is 6.38. The van der Waals surface area contributed by atoms with Gasteiger partial charge < -0.3 is 4.74 Å². The minimum absolute atomic E-state index is 0.0549. The predicted molar refractivity (Wildman–Crippen MR) is 69.5 cm³/mol. The van der Waals surface area contributed by atoms with Gasteiger partial charge in [-0.15, -0.1) is 0 Å². The Morgan fingerprint density at radius 1 is 1.00 bits per heavy atom. The van der Waals surface area contributed by atoms with Crippen molar-refractivity contribution in [2.75, 3.05) is 0 Å². The van der Waals surface area contributed by atoms with Gasteiger partial charge in [0.15, 0.2) is 0 Å². The Bertz CT molecular complexity index is 273. The Hall–Kier alpha value is -0.820. The fourth-order valence-electron chi connectivity index (χ4n) is 2.16. The van der Waals surface area contributed by atoms with Crippen LogP contribution >= 0.6 is 0 Å². The first kappa shape index (κ1) is 13.2. The van der Waals surface area contributed by atoms with Crippen LogP contribution in [-0.4, -0.2) is 5.60 Å². The van der Waals surface area contributed by atoms with Crippen molar-refractivity contribution in [1.82, 2.24) is 0 Å². The summed E-state index contributed by atoms with van der Waals surface area (Å²) in [6.45, 7) is 7.42. The van der Waals surface area contributed by atoms with Crippen LogP contribution in [0.1, 0.15) is 52.0 Å². The van der Waals surface area contributed by atoms with E-state index in [2.05, 4.69) is 45.0 Å². The van der Waals surface area contributed by atoms with Crippen LogP contribution < -0.4 is 0 Å². The number of benzene rings is 1. The summed E-state index contributed by atoms with van der Waals surface area (Å²) >= 11 is 0. The molecule has 0 spiro atoms. The van der Waals surface area contributed by atoms with Gasteiger partial charge in [-0.05, 0) is 25.3 Å². The molecule has 0 saturated carbocycles. The van der Waals surface area contributed by atoms with Crippen molar-refractivity contribution >= 4 is 0 Å². The zero-order valence-electron chi connectivity index (χ0n) is 10.8. The van der Waals surface area contributed by atoms with E-state index in [1.54, 1.807) is 0 Å². The lowest BCUT2D eigenvalue weighted by atomic mass is 9.95. The Balaban J connectivity index is 2.49. The van der Waals surface area contributed by atoms with E-state index in [4.69, 9.17) is 4.74 Å². The highest BCUT2D eigenvalue weighted by molar-refractivity contribution is 5.13. The molecule has 0 heterocycles. The van der Waals surface area contributed by atoms with Gasteiger partial charge in [-0.2, -0.15) is 0 Å². The molecule has 0 aromatic heterocycles. The summed E-state index contributed by atoms with van der Waals surface area (Å²) in [6.07, 6.45) is 4.66. The van der Waals surface area contributed by atoms with E-state index in [1.807, 2.05) is 6.07 Å². The van der Waals surface area contributed by atoms with E-state index < -0.39 is 0 Å². The van der Waals surface area contributed by atoms with E-state index in [0.29, 0.717) is 0 Å². The van der Waals surface area contributed by atoms with Crippen LogP contribution in [0.5, 0.6) is 0 Å². The van der Waals surface area contributed by atoms with Gasteiger partial charge in [-0.1, -0.05) is 57.0 Å². The fraction of sp³-hybridized carbons (Fsp3) is 0.600. The van der Waals surface area contributed by atoms with Gasteiger partial charge in [0.1, 0.15) is 0 Å². The molecule has 1 aromatic carbocycles. The molecule has 0 unspecified atom stereocenters. The number of hydrogen-bond donors (Lipinski definition) is 0. The second-order valence-corrected chi connectivity index (χ2v) is 4.72. The Kier molecular flexibility index (Phi) is 5.54. The van der Waals surface area contributed by atoms with Crippen molar-refractivity contribution in [3.8, 4) is 0 Å². The normalized spacial score (nSPS) is 11.7. The second-order valence-electron chi connectivity index (χ2n) is 4.72. The summed E-state index contributed by atoms with van der Waals surface area (Å²) < 4.78 is 6.10. The summed E-state index contributed by atoms with van der Waals surface area (Å²) in [6, 6.07) is 10.4. The molecule has 0 amide bonds. The highest BCUT2D eigenvalue weighted by atomic mass is 16.5. The minimum atomic E-state index is 0.0549. The molecule has 16 heavy (non-hydrogen) atoms. The lowest BCUT2D eigenvalue weighted by Gasteiger charge is -2.29. The van der Waals surface area contributed by atoms with E-state index >= 15 is 0 Å². The molecule has 0 aliphatic rings. The third kappa shape index (κ3) is 4.36. The fourth-order valence-corrected chi connectivity index (χ4v) is 2.16. The molecule has 0 radical (unpaired) electrons. The minimum Gasteiger partial charge on any atom is -0.371 e. The quantitative estimate of drug-likeness (QED) is 0.654. The van der Waals surface area contributed by atoms with Crippen LogP contribution in [0.25, 0.3) is 0 Å². The molecule has 0 fully saturated rings. The van der Waals surface area contributed by atoms with Crippen LogP contribution in [0.15, 0.2) is 30.3 Å². The first-order chi connectivity index (χ1) is 7.70.